The predicted molar refractivity (Wildman–Crippen MR) is 73.8 cm³/mol. The van der Waals surface area contributed by atoms with Crippen molar-refractivity contribution in [1.82, 2.24) is 4.57 Å². The van der Waals surface area contributed by atoms with Crippen molar-refractivity contribution in [3.8, 4) is 17.8 Å². The molecule has 0 amide bonds. The van der Waals surface area contributed by atoms with E-state index in [0.717, 1.165) is 4.57 Å². The molecule has 25 heavy (non-hydrogen) atoms. The summed E-state index contributed by atoms with van der Waals surface area (Å²) >= 11 is 0. The van der Waals surface area contributed by atoms with E-state index >= 15 is 0 Å². The van der Waals surface area contributed by atoms with Crippen LogP contribution < -0.4 is 0 Å². The lowest BCUT2D eigenvalue weighted by Crippen LogP contribution is -2.23. The van der Waals surface area contributed by atoms with Crippen molar-refractivity contribution in [2.75, 3.05) is 0 Å². The second kappa shape index (κ2) is 5.30. The average Bonchev–Trinajstić information content (AvgIpc) is 3.01. The lowest BCUT2D eigenvalue weighted by molar-refractivity contribution is -0.142. The summed E-state index contributed by atoms with van der Waals surface area (Å²) < 4.78 is 68.1. The Bertz CT molecular complexity index is 914. The highest BCUT2D eigenvalue weighted by molar-refractivity contribution is 5.53. The summed E-state index contributed by atoms with van der Waals surface area (Å²) in [6.45, 7) is 0. The predicted octanol–water partition coefficient (Wildman–Crippen LogP) is 3.46. The number of aliphatic hydroxyl groups is 1. The number of rotatable bonds is 1. The number of aliphatic hydroxyl groups excluding tert-OH is 1. The van der Waals surface area contributed by atoms with E-state index in [1.54, 1.807) is 12.1 Å². The van der Waals surface area contributed by atoms with Crippen LogP contribution in [0.3, 0.4) is 0 Å². The quantitative estimate of drug-likeness (QED) is 0.798. The van der Waals surface area contributed by atoms with Gasteiger partial charge in [-0.05, 0) is 18.2 Å². The van der Waals surface area contributed by atoms with Gasteiger partial charge >= 0.3 is 6.18 Å². The molecule has 0 saturated heterocycles. The number of benzene rings is 1. The summed E-state index contributed by atoms with van der Waals surface area (Å²) in [5.41, 5.74) is -2.69. The van der Waals surface area contributed by atoms with Crippen LogP contribution in [-0.2, 0) is 12.6 Å². The molecule has 9 heteroatoms. The standard InChI is InChI=1S/C16H8F5N3O/c17-15(18)4-12-13(14(15)25)11(16(19,20)21)7-24(12)10-2-8(5-22)1-9(3-10)6-23/h1-3,7,14,25H,4H2. The number of aromatic nitrogens is 1. The van der Waals surface area contributed by atoms with Gasteiger partial charge in [0.25, 0.3) is 5.92 Å². The molecule has 1 unspecified atom stereocenters. The number of nitriles is 2. The third-order valence-electron chi connectivity index (χ3n) is 3.99. The number of hydrogen-bond acceptors (Lipinski definition) is 3. The van der Waals surface area contributed by atoms with E-state index in [1.807, 2.05) is 0 Å². The third-order valence-corrected chi connectivity index (χ3v) is 3.99. The van der Waals surface area contributed by atoms with E-state index < -0.39 is 41.4 Å². The van der Waals surface area contributed by atoms with Gasteiger partial charge in [-0.2, -0.15) is 23.7 Å². The van der Waals surface area contributed by atoms with Gasteiger partial charge < -0.3 is 9.67 Å². The van der Waals surface area contributed by atoms with Crippen LogP contribution in [0.1, 0.15) is 34.1 Å². The molecular formula is C16H8F5N3O. The molecule has 0 bridgehead atoms. The van der Waals surface area contributed by atoms with Crippen molar-refractivity contribution in [3.05, 3.63) is 52.3 Å². The van der Waals surface area contributed by atoms with Gasteiger partial charge in [0, 0.05) is 23.1 Å². The van der Waals surface area contributed by atoms with E-state index in [9.17, 15) is 27.1 Å². The van der Waals surface area contributed by atoms with Crippen LogP contribution in [0.4, 0.5) is 22.0 Å². The maximum Gasteiger partial charge on any atom is 0.418 e. The highest BCUT2D eigenvalue weighted by Crippen LogP contribution is 2.49. The minimum absolute atomic E-state index is 0.00429. The van der Waals surface area contributed by atoms with E-state index in [-0.39, 0.29) is 16.8 Å². The summed E-state index contributed by atoms with van der Waals surface area (Å²) in [5, 5.41) is 27.6. The summed E-state index contributed by atoms with van der Waals surface area (Å²) in [4.78, 5) is 0. The Labute approximate surface area is 137 Å². The molecule has 1 N–H and O–H groups in total. The Hall–Kier alpha value is -2.91. The fourth-order valence-corrected chi connectivity index (χ4v) is 2.91. The van der Waals surface area contributed by atoms with E-state index in [1.165, 1.54) is 18.2 Å². The van der Waals surface area contributed by atoms with E-state index in [4.69, 9.17) is 10.5 Å². The zero-order valence-electron chi connectivity index (χ0n) is 12.3. The van der Waals surface area contributed by atoms with Crippen LogP contribution in [0.5, 0.6) is 0 Å². The van der Waals surface area contributed by atoms with Crippen LogP contribution in [0.25, 0.3) is 5.69 Å². The van der Waals surface area contributed by atoms with Crippen molar-refractivity contribution in [3.63, 3.8) is 0 Å². The first-order chi connectivity index (χ1) is 11.6. The van der Waals surface area contributed by atoms with Gasteiger partial charge in [-0.15, -0.1) is 0 Å². The van der Waals surface area contributed by atoms with Crippen LogP contribution >= 0.6 is 0 Å². The number of alkyl halides is 5. The first kappa shape index (κ1) is 16.9. The van der Waals surface area contributed by atoms with Gasteiger partial charge in [0.1, 0.15) is 6.10 Å². The van der Waals surface area contributed by atoms with Gasteiger partial charge in [-0.3, -0.25) is 0 Å². The molecule has 2 aromatic rings. The summed E-state index contributed by atoms with van der Waals surface area (Å²) in [6, 6.07) is 7.11. The van der Waals surface area contributed by atoms with Crippen molar-refractivity contribution in [2.24, 2.45) is 0 Å². The number of hydrogen-bond donors (Lipinski definition) is 1. The molecule has 1 heterocycles. The highest BCUT2D eigenvalue weighted by atomic mass is 19.4. The molecule has 1 aliphatic carbocycles. The lowest BCUT2D eigenvalue weighted by atomic mass is 10.1. The Morgan fingerprint density at radius 2 is 1.68 bits per heavy atom. The van der Waals surface area contributed by atoms with Crippen LogP contribution in [0, 0.1) is 22.7 Å². The molecule has 0 saturated carbocycles. The number of nitrogens with zero attached hydrogens (tertiary/aromatic N) is 3. The molecule has 0 radical (unpaired) electrons. The second-order valence-corrected chi connectivity index (χ2v) is 5.60. The summed E-state index contributed by atoms with van der Waals surface area (Å²) in [7, 11) is 0. The summed E-state index contributed by atoms with van der Waals surface area (Å²) in [6.07, 6.45) is -8.00. The first-order valence-corrected chi connectivity index (χ1v) is 6.91. The maximum absolute atomic E-state index is 13.8. The SMILES string of the molecule is N#Cc1cc(C#N)cc(-n2cc(C(F)(F)F)c3c2CC(F)(F)C3O)c1. The Balaban J connectivity index is 2.29. The van der Waals surface area contributed by atoms with Gasteiger partial charge in [0.05, 0.1) is 35.2 Å². The molecule has 1 aromatic heterocycles. The molecule has 0 spiro atoms. The first-order valence-electron chi connectivity index (χ1n) is 6.91. The van der Waals surface area contributed by atoms with E-state index in [0.29, 0.717) is 6.20 Å². The van der Waals surface area contributed by atoms with Crippen LogP contribution in [-0.4, -0.2) is 15.6 Å². The zero-order chi connectivity index (χ0) is 18.6. The molecule has 1 atom stereocenters. The number of halogens is 5. The monoisotopic (exact) mass is 353 g/mol. The van der Waals surface area contributed by atoms with E-state index in [2.05, 4.69) is 0 Å². The molecule has 1 aromatic carbocycles. The van der Waals surface area contributed by atoms with Gasteiger partial charge in [0.15, 0.2) is 0 Å². The molecule has 0 fully saturated rings. The largest absolute Gasteiger partial charge is 0.418 e. The molecule has 1 aliphatic rings. The van der Waals surface area contributed by atoms with Crippen LogP contribution in [0.15, 0.2) is 24.4 Å². The summed E-state index contributed by atoms with van der Waals surface area (Å²) in [5.74, 6) is -3.74. The molecule has 0 aliphatic heterocycles. The molecular weight excluding hydrogens is 345 g/mol. The van der Waals surface area contributed by atoms with Crippen molar-refractivity contribution in [2.45, 2.75) is 24.6 Å². The minimum Gasteiger partial charge on any atom is -0.382 e. The Morgan fingerprint density at radius 1 is 1.12 bits per heavy atom. The second-order valence-electron chi connectivity index (χ2n) is 5.60. The lowest BCUT2D eigenvalue weighted by Gasteiger charge is -2.16. The topological polar surface area (TPSA) is 72.7 Å². The number of fused-ring (bicyclic) bond motifs is 1. The van der Waals surface area contributed by atoms with Crippen molar-refractivity contribution in [1.29, 1.82) is 10.5 Å². The zero-order valence-corrected chi connectivity index (χ0v) is 12.3. The van der Waals surface area contributed by atoms with Crippen molar-refractivity contribution >= 4 is 0 Å². The van der Waals surface area contributed by atoms with Crippen LogP contribution in [0.2, 0.25) is 0 Å². The molecule has 3 rings (SSSR count). The average molecular weight is 353 g/mol. The Kier molecular flexibility index (Phi) is 3.59. The smallest absolute Gasteiger partial charge is 0.382 e. The normalized spacial score (nSPS) is 18.5. The molecule has 128 valence electrons. The van der Waals surface area contributed by atoms with Gasteiger partial charge in [0.2, 0.25) is 0 Å². The third kappa shape index (κ3) is 2.63. The highest BCUT2D eigenvalue weighted by Gasteiger charge is 2.53. The maximum atomic E-state index is 13.8. The van der Waals surface area contributed by atoms with Gasteiger partial charge in [-0.25, -0.2) is 8.78 Å². The Morgan fingerprint density at radius 3 is 2.16 bits per heavy atom. The minimum atomic E-state index is -4.94. The molecule has 4 nitrogen and oxygen atoms in total. The fourth-order valence-electron chi connectivity index (χ4n) is 2.91. The van der Waals surface area contributed by atoms with Crippen molar-refractivity contribution < 1.29 is 27.1 Å². The van der Waals surface area contributed by atoms with Gasteiger partial charge in [-0.1, -0.05) is 0 Å². The fraction of sp³-hybridized carbons (Fsp3) is 0.250.